The topological polar surface area (TPSA) is 76.4 Å². The fourth-order valence-electron chi connectivity index (χ4n) is 3.37. The summed E-state index contributed by atoms with van der Waals surface area (Å²) in [6, 6.07) is 6.98. The first-order valence-corrected chi connectivity index (χ1v) is 8.13. The summed E-state index contributed by atoms with van der Waals surface area (Å²) in [7, 11) is 0. The van der Waals surface area contributed by atoms with Gasteiger partial charge in [-0.25, -0.2) is 0 Å². The maximum absolute atomic E-state index is 12.1. The van der Waals surface area contributed by atoms with E-state index in [1.807, 2.05) is 0 Å². The van der Waals surface area contributed by atoms with Gasteiger partial charge in [0.2, 0.25) is 0 Å². The van der Waals surface area contributed by atoms with E-state index >= 15 is 0 Å². The molecule has 0 aromatic heterocycles. The minimum atomic E-state index is -0.0641. The molecule has 0 saturated carbocycles. The predicted octanol–water partition coefficient (Wildman–Crippen LogP) is 1.55. The van der Waals surface area contributed by atoms with Gasteiger partial charge in [0.1, 0.15) is 0 Å². The van der Waals surface area contributed by atoms with Crippen LogP contribution in [-0.2, 0) is 4.74 Å². The Morgan fingerprint density at radius 2 is 2.00 bits per heavy atom. The van der Waals surface area contributed by atoms with E-state index in [1.165, 1.54) is 19.3 Å². The zero-order chi connectivity index (χ0) is 15.4. The van der Waals surface area contributed by atoms with E-state index in [1.54, 1.807) is 24.3 Å². The van der Waals surface area contributed by atoms with Gasteiger partial charge in [-0.2, -0.15) is 0 Å². The van der Waals surface area contributed by atoms with Crippen molar-refractivity contribution in [3.05, 3.63) is 29.8 Å². The number of anilines is 1. The summed E-state index contributed by atoms with van der Waals surface area (Å²) >= 11 is 0. The molecule has 1 aromatic rings. The number of carbonyl (C=O) groups excluding carboxylic acids is 1. The van der Waals surface area contributed by atoms with Crippen LogP contribution in [0.5, 0.6) is 0 Å². The van der Waals surface area contributed by atoms with E-state index in [9.17, 15) is 4.79 Å². The molecule has 1 unspecified atom stereocenters. The van der Waals surface area contributed by atoms with E-state index in [4.69, 9.17) is 10.5 Å². The Hall–Kier alpha value is -1.59. The van der Waals surface area contributed by atoms with Crippen LogP contribution in [0.15, 0.2) is 24.3 Å². The molecule has 1 aromatic carbocycles. The van der Waals surface area contributed by atoms with Crippen molar-refractivity contribution in [3.8, 4) is 0 Å². The Balaban J connectivity index is 1.45. The van der Waals surface area contributed by atoms with Crippen molar-refractivity contribution < 1.29 is 9.53 Å². The molecule has 5 heteroatoms. The van der Waals surface area contributed by atoms with Crippen LogP contribution in [0.4, 0.5) is 5.69 Å². The van der Waals surface area contributed by atoms with Gasteiger partial charge in [-0.3, -0.25) is 4.79 Å². The van der Waals surface area contributed by atoms with Crippen LogP contribution in [-0.4, -0.2) is 38.3 Å². The molecule has 2 fully saturated rings. The third-order valence-corrected chi connectivity index (χ3v) is 4.95. The molecule has 4 N–H and O–H groups in total. The number of hydrogen-bond donors (Lipinski definition) is 3. The van der Waals surface area contributed by atoms with Crippen LogP contribution in [0.2, 0.25) is 0 Å². The van der Waals surface area contributed by atoms with Gasteiger partial charge >= 0.3 is 0 Å². The maximum atomic E-state index is 12.1. The fraction of sp³-hybridized carbons (Fsp3) is 0.588. The summed E-state index contributed by atoms with van der Waals surface area (Å²) in [6.45, 7) is 3.61. The zero-order valence-electron chi connectivity index (χ0n) is 12.9. The Bertz CT molecular complexity index is 499. The largest absolute Gasteiger partial charge is 0.399 e. The van der Waals surface area contributed by atoms with Crippen LogP contribution < -0.4 is 16.4 Å². The molecule has 2 aliphatic heterocycles. The summed E-state index contributed by atoms with van der Waals surface area (Å²) in [5, 5.41) is 6.37. The lowest BCUT2D eigenvalue weighted by molar-refractivity contribution is -0.0721. The van der Waals surface area contributed by atoms with Crippen molar-refractivity contribution in [2.45, 2.75) is 31.8 Å². The van der Waals surface area contributed by atoms with Crippen molar-refractivity contribution >= 4 is 11.6 Å². The number of amides is 1. The number of piperidine rings is 1. The van der Waals surface area contributed by atoms with E-state index in [2.05, 4.69) is 10.6 Å². The van der Waals surface area contributed by atoms with Crippen LogP contribution in [0.25, 0.3) is 0 Å². The fourth-order valence-corrected chi connectivity index (χ4v) is 3.37. The van der Waals surface area contributed by atoms with Gasteiger partial charge in [0.25, 0.3) is 5.91 Å². The number of nitrogens with two attached hydrogens (primary N) is 1. The second-order valence-corrected chi connectivity index (χ2v) is 6.55. The van der Waals surface area contributed by atoms with Crippen molar-refractivity contribution in [3.63, 3.8) is 0 Å². The summed E-state index contributed by atoms with van der Waals surface area (Å²) in [4.78, 5) is 12.1. The maximum Gasteiger partial charge on any atom is 0.251 e. The highest BCUT2D eigenvalue weighted by molar-refractivity contribution is 5.94. The molecule has 22 heavy (non-hydrogen) atoms. The first kappa shape index (κ1) is 15.3. The molecular weight excluding hydrogens is 278 g/mol. The molecule has 0 aliphatic carbocycles. The van der Waals surface area contributed by atoms with Crippen molar-refractivity contribution in [1.29, 1.82) is 0 Å². The lowest BCUT2D eigenvalue weighted by atomic mass is 9.74. The van der Waals surface area contributed by atoms with Crippen molar-refractivity contribution in [2.75, 3.05) is 32.0 Å². The molecule has 1 atom stereocenters. The normalized spacial score (nSPS) is 24.1. The smallest absolute Gasteiger partial charge is 0.251 e. The number of hydrogen-bond acceptors (Lipinski definition) is 4. The molecule has 2 saturated heterocycles. The lowest BCUT2D eigenvalue weighted by Crippen LogP contribution is -2.46. The van der Waals surface area contributed by atoms with E-state index in [-0.39, 0.29) is 12.0 Å². The predicted molar refractivity (Wildman–Crippen MR) is 86.7 cm³/mol. The van der Waals surface area contributed by atoms with Crippen LogP contribution in [0.1, 0.15) is 36.0 Å². The Morgan fingerprint density at radius 3 is 2.64 bits per heavy atom. The Morgan fingerprint density at radius 1 is 1.27 bits per heavy atom. The molecule has 0 bridgehead atoms. The third-order valence-electron chi connectivity index (χ3n) is 4.95. The minimum absolute atomic E-state index is 0.0641. The van der Waals surface area contributed by atoms with Crippen LogP contribution >= 0.6 is 0 Å². The van der Waals surface area contributed by atoms with Gasteiger partial charge in [-0.15, -0.1) is 0 Å². The number of carbonyl (C=O) groups is 1. The summed E-state index contributed by atoms with van der Waals surface area (Å²) < 4.78 is 6.01. The van der Waals surface area contributed by atoms with Crippen molar-refractivity contribution in [1.82, 2.24) is 10.6 Å². The molecule has 5 nitrogen and oxygen atoms in total. The molecular formula is C17H25N3O2. The zero-order valence-corrected chi connectivity index (χ0v) is 12.9. The molecule has 120 valence electrons. The quantitative estimate of drug-likeness (QED) is 0.741. The standard InChI is InChI=1S/C17H25N3O2/c18-14-3-1-13(2-4-14)16(21)20-11-15-5-6-17(12-22-15)7-9-19-10-8-17/h1-4,15,19H,5-12,18H2,(H,20,21). The summed E-state index contributed by atoms with van der Waals surface area (Å²) in [6.07, 6.45) is 4.78. The van der Waals surface area contributed by atoms with Crippen LogP contribution in [0.3, 0.4) is 0 Å². The van der Waals surface area contributed by atoms with Gasteiger partial charge in [0.05, 0.1) is 12.7 Å². The average molecular weight is 303 g/mol. The number of benzene rings is 1. The third kappa shape index (κ3) is 3.59. The van der Waals surface area contributed by atoms with Gasteiger partial charge in [-0.1, -0.05) is 0 Å². The van der Waals surface area contributed by atoms with Crippen LogP contribution in [0, 0.1) is 5.41 Å². The number of nitrogen functional groups attached to an aromatic ring is 1. The number of nitrogens with one attached hydrogen (secondary N) is 2. The molecule has 0 radical (unpaired) electrons. The molecule has 2 heterocycles. The SMILES string of the molecule is Nc1ccc(C(=O)NCC2CCC3(CCNCC3)CO2)cc1. The summed E-state index contributed by atoms with van der Waals surface area (Å²) in [5.74, 6) is -0.0641. The number of ether oxygens (including phenoxy) is 1. The molecule has 1 amide bonds. The molecule has 3 rings (SSSR count). The molecule has 1 spiro atoms. The van der Waals surface area contributed by atoms with Gasteiger partial charge in [0.15, 0.2) is 0 Å². The highest BCUT2D eigenvalue weighted by Crippen LogP contribution is 2.38. The van der Waals surface area contributed by atoms with Gasteiger partial charge < -0.3 is 21.1 Å². The molecule has 2 aliphatic rings. The van der Waals surface area contributed by atoms with Crippen molar-refractivity contribution in [2.24, 2.45) is 5.41 Å². The van der Waals surface area contributed by atoms with E-state index in [0.29, 0.717) is 23.2 Å². The lowest BCUT2D eigenvalue weighted by Gasteiger charge is -2.43. The highest BCUT2D eigenvalue weighted by atomic mass is 16.5. The average Bonchev–Trinajstić information content (AvgIpc) is 2.56. The number of rotatable bonds is 3. The Labute approximate surface area is 131 Å². The monoisotopic (exact) mass is 303 g/mol. The second-order valence-electron chi connectivity index (χ2n) is 6.55. The van der Waals surface area contributed by atoms with E-state index in [0.717, 1.165) is 26.1 Å². The van der Waals surface area contributed by atoms with Gasteiger partial charge in [-0.05, 0) is 68.5 Å². The Kier molecular flexibility index (Phi) is 4.64. The van der Waals surface area contributed by atoms with Gasteiger partial charge in [0, 0.05) is 17.8 Å². The highest BCUT2D eigenvalue weighted by Gasteiger charge is 2.36. The first-order chi connectivity index (χ1) is 10.7. The minimum Gasteiger partial charge on any atom is -0.399 e. The first-order valence-electron chi connectivity index (χ1n) is 8.13. The van der Waals surface area contributed by atoms with E-state index < -0.39 is 0 Å². The second kappa shape index (κ2) is 6.67. The summed E-state index contributed by atoms with van der Waals surface area (Å²) in [5.41, 5.74) is 7.31.